The van der Waals surface area contributed by atoms with Crippen LogP contribution in [0.5, 0.6) is 0 Å². The topological polar surface area (TPSA) is 12.0 Å². The Morgan fingerprint density at radius 1 is 1.18 bits per heavy atom. The van der Waals surface area contributed by atoms with Crippen LogP contribution in [0.3, 0.4) is 0 Å². The van der Waals surface area contributed by atoms with Crippen LogP contribution >= 0.6 is 0 Å². The molecule has 2 heteroatoms. The first kappa shape index (κ1) is 14.2. The summed E-state index contributed by atoms with van der Waals surface area (Å²) in [4.78, 5) is 0. The Morgan fingerprint density at radius 3 is 2.53 bits per heavy atom. The molecule has 0 bridgehead atoms. The van der Waals surface area contributed by atoms with E-state index in [0.717, 1.165) is 12.0 Å². The van der Waals surface area contributed by atoms with Crippen LogP contribution in [0.25, 0.3) is 0 Å². The highest BCUT2D eigenvalue weighted by molar-refractivity contribution is 5.18. The minimum atomic E-state index is -0.0950. The summed E-state index contributed by atoms with van der Waals surface area (Å²) in [5.41, 5.74) is 0.801. The van der Waals surface area contributed by atoms with E-state index in [1.807, 2.05) is 12.1 Å². The molecule has 0 spiro atoms. The Kier molecular flexibility index (Phi) is 6.20. The molecule has 0 heterocycles. The zero-order valence-electron chi connectivity index (χ0n) is 11.2. The van der Waals surface area contributed by atoms with Crippen molar-refractivity contribution >= 4 is 0 Å². The minimum Gasteiger partial charge on any atom is -0.311 e. The molecule has 0 aliphatic rings. The molecule has 1 aromatic rings. The first-order chi connectivity index (χ1) is 8.13. The smallest absolute Gasteiger partial charge is 0.126 e. The van der Waals surface area contributed by atoms with Crippen molar-refractivity contribution in [3.63, 3.8) is 0 Å². The Hall–Kier alpha value is -0.890. The van der Waals surface area contributed by atoms with E-state index in [0.29, 0.717) is 12.1 Å². The predicted molar refractivity (Wildman–Crippen MR) is 71.7 cm³/mol. The molecule has 0 radical (unpaired) electrons. The van der Waals surface area contributed by atoms with E-state index < -0.39 is 0 Å². The van der Waals surface area contributed by atoms with Gasteiger partial charge in [-0.05, 0) is 38.3 Å². The van der Waals surface area contributed by atoms with Crippen LogP contribution in [0.4, 0.5) is 4.39 Å². The van der Waals surface area contributed by atoms with Crippen molar-refractivity contribution in [2.24, 2.45) is 0 Å². The molecule has 0 amide bonds. The number of halogens is 1. The van der Waals surface area contributed by atoms with Gasteiger partial charge in [0, 0.05) is 12.1 Å². The van der Waals surface area contributed by atoms with E-state index >= 15 is 0 Å². The van der Waals surface area contributed by atoms with E-state index in [4.69, 9.17) is 0 Å². The summed E-state index contributed by atoms with van der Waals surface area (Å²) in [7, 11) is 0. The van der Waals surface area contributed by atoms with Crippen molar-refractivity contribution in [3.8, 4) is 0 Å². The lowest BCUT2D eigenvalue weighted by Crippen LogP contribution is -2.36. The predicted octanol–water partition coefficient (Wildman–Crippen LogP) is 3.93. The number of benzene rings is 1. The van der Waals surface area contributed by atoms with E-state index in [1.54, 1.807) is 6.07 Å². The third-order valence-electron chi connectivity index (χ3n) is 3.04. The Labute approximate surface area is 104 Å². The van der Waals surface area contributed by atoms with Crippen LogP contribution in [0, 0.1) is 5.82 Å². The van der Waals surface area contributed by atoms with Crippen LogP contribution in [0.2, 0.25) is 0 Å². The molecular formula is C15H24FN. The molecule has 0 aromatic heterocycles. The second-order valence-electron chi connectivity index (χ2n) is 4.91. The number of rotatable bonds is 7. The molecule has 1 aromatic carbocycles. The molecule has 2 atom stereocenters. The summed E-state index contributed by atoms with van der Waals surface area (Å²) in [6, 6.07) is 7.86. The lowest BCUT2D eigenvalue weighted by molar-refractivity contribution is 0.430. The molecule has 17 heavy (non-hydrogen) atoms. The lowest BCUT2D eigenvalue weighted by Gasteiger charge is -2.20. The fourth-order valence-corrected chi connectivity index (χ4v) is 2.13. The minimum absolute atomic E-state index is 0.0950. The van der Waals surface area contributed by atoms with Gasteiger partial charge in [0.1, 0.15) is 5.82 Å². The van der Waals surface area contributed by atoms with Crippen LogP contribution in [-0.2, 0) is 6.42 Å². The van der Waals surface area contributed by atoms with Crippen LogP contribution in [0.15, 0.2) is 24.3 Å². The first-order valence-corrected chi connectivity index (χ1v) is 6.63. The van der Waals surface area contributed by atoms with Crippen molar-refractivity contribution in [1.82, 2.24) is 5.32 Å². The van der Waals surface area contributed by atoms with Gasteiger partial charge in [-0.1, -0.05) is 38.0 Å². The molecule has 0 aliphatic carbocycles. The number of nitrogens with one attached hydrogen (secondary N) is 1. The van der Waals surface area contributed by atoms with Crippen LogP contribution in [0.1, 0.15) is 45.6 Å². The SMILES string of the molecule is CCCCC(C)NC(C)Cc1ccccc1F. The largest absolute Gasteiger partial charge is 0.311 e. The van der Waals surface area contributed by atoms with Crippen molar-refractivity contribution in [1.29, 1.82) is 0 Å². The first-order valence-electron chi connectivity index (χ1n) is 6.63. The van der Waals surface area contributed by atoms with Gasteiger partial charge in [-0.2, -0.15) is 0 Å². The Morgan fingerprint density at radius 2 is 1.88 bits per heavy atom. The average molecular weight is 237 g/mol. The molecule has 2 unspecified atom stereocenters. The summed E-state index contributed by atoms with van der Waals surface area (Å²) < 4.78 is 13.5. The highest BCUT2D eigenvalue weighted by Gasteiger charge is 2.09. The second kappa shape index (κ2) is 7.44. The molecule has 1 N–H and O–H groups in total. The Balaban J connectivity index is 2.39. The van der Waals surface area contributed by atoms with Gasteiger partial charge in [-0.25, -0.2) is 4.39 Å². The molecule has 1 rings (SSSR count). The number of hydrogen-bond donors (Lipinski definition) is 1. The second-order valence-corrected chi connectivity index (χ2v) is 4.91. The van der Waals surface area contributed by atoms with Gasteiger partial charge in [0.05, 0.1) is 0 Å². The van der Waals surface area contributed by atoms with Crippen LogP contribution in [-0.4, -0.2) is 12.1 Å². The third-order valence-corrected chi connectivity index (χ3v) is 3.04. The highest BCUT2D eigenvalue weighted by atomic mass is 19.1. The van der Waals surface area contributed by atoms with Crippen molar-refractivity contribution < 1.29 is 4.39 Å². The van der Waals surface area contributed by atoms with Gasteiger partial charge in [0.25, 0.3) is 0 Å². The monoisotopic (exact) mass is 237 g/mol. The summed E-state index contributed by atoms with van der Waals surface area (Å²) in [5, 5.41) is 3.52. The maximum atomic E-state index is 13.5. The summed E-state index contributed by atoms with van der Waals surface area (Å²) in [6.45, 7) is 6.53. The van der Waals surface area contributed by atoms with Gasteiger partial charge >= 0.3 is 0 Å². The van der Waals surface area contributed by atoms with Gasteiger partial charge in [0.15, 0.2) is 0 Å². The fourth-order valence-electron chi connectivity index (χ4n) is 2.13. The van der Waals surface area contributed by atoms with Crippen molar-refractivity contribution in [2.45, 2.75) is 58.5 Å². The van der Waals surface area contributed by atoms with E-state index in [1.165, 1.54) is 25.3 Å². The molecule has 1 nitrogen and oxygen atoms in total. The highest BCUT2D eigenvalue weighted by Crippen LogP contribution is 2.10. The van der Waals surface area contributed by atoms with E-state index in [9.17, 15) is 4.39 Å². The number of hydrogen-bond acceptors (Lipinski definition) is 1. The zero-order valence-corrected chi connectivity index (χ0v) is 11.2. The maximum Gasteiger partial charge on any atom is 0.126 e. The van der Waals surface area contributed by atoms with E-state index in [2.05, 4.69) is 26.1 Å². The lowest BCUT2D eigenvalue weighted by atomic mass is 10.0. The normalized spacial score (nSPS) is 14.6. The molecule has 0 saturated carbocycles. The molecular weight excluding hydrogens is 213 g/mol. The van der Waals surface area contributed by atoms with Gasteiger partial charge in [0.2, 0.25) is 0 Å². The fraction of sp³-hybridized carbons (Fsp3) is 0.600. The van der Waals surface area contributed by atoms with Gasteiger partial charge in [-0.3, -0.25) is 0 Å². The van der Waals surface area contributed by atoms with Gasteiger partial charge < -0.3 is 5.32 Å². The van der Waals surface area contributed by atoms with Crippen LogP contribution < -0.4 is 5.32 Å². The van der Waals surface area contributed by atoms with E-state index in [-0.39, 0.29) is 5.82 Å². The number of unbranched alkanes of at least 4 members (excludes halogenated alkanes) is 1. The van der Waals surface area contributed by atoms with Crippen molar-refractivity contribution in [2.75, 3.05) is 0 Å². The quantitative estimate of drug-likeness (QED) is 0.757. The standard InChI is InChI=1S/C15H24FN/c1-4-5-8-12(2)17-13(3)11-14-9-6-7-10-15(14)16/h6-7,9-10,12-13,17H,4-5,8,11H2,1-3H3. The summed E-state index contributed by atoms with van der Waals surface area (Å²) in [6.07, 6.45) is 4.43. The molecule has 0 fully saturated rings. The average Bonchev–Trinajstić information content (AvgIpc) is 2.29. The van der Waals surface area contributed by atoms with Crippen molar-refractivity contribution in [3.05, 3.63) is 35.6 Å². The Bertz CT molecular complexity index is 324. The third kappa shape index (κ3) is 5.31. The van der Waals surface area contributed by atoms with Gasteiger partial charge in [-0.15, -0.1) is 0 Å². The summed E-state index contributed by atoms with van der Waals surface area (Å²) in [5.74, 6) is -0.0950. The molecule has 0 saturated heterocycles. The maximum absolute atomic E-state index is 13.5. The molecule has 96 valence electrons. The summed E-state index contributed by atoms with van der Waals surface area (Å²) >= 11 is 0. The molecule has 0 aliphatic heterocycles. The zero-order chi connectivity index (χ0) is 12.7.